The third kappa shape index (κ3) is 7.83. The van der Waals surface area contributed by atoms with E-state index in [9.17, 15) is 9.90 Å². The van der Waals surface area contributed by atoms with Crippen LogP contribution in [0.1, 0.15) is 64.0 Å². The number of hydrogen-bond acceptors (Lipinski definition) is 7. The molecule has 0 aromatic heterocycles. The van der Waals surface area contributed by atoms with Gasteiger partial charge in [-0.3, -0.25) is 4.79 Å². The molecule has 2 atom stereocenters. The lowest BCUT2D eigenvalue weighted by Gasteiger charge is -2.29. The zero-order valence-corrected chi connectivity index (χ0v) is 19.5. The Morgan fingerprint density at radius 2 is 1.82 bits per heavy atom. The lowest BCUT2D eigenvalue weighted by Crippen LogP contribution is -2.46. The number of hydrogen-bond donors (Lipinski definition) is 2. The number of carbonyl (C=O) groups excluding carboxylic acids is 1. The van der Waals surface area contributed by atoms with E-state index in [1.165, 1.54) is 0 Å². The van der Waals surface area contributed by atoms with Crippen molar-refractivity contribution in [3.63, 3.8) is 0 Å². The van der Waals surface area contributed by atoms with Crippen molar-refractivity contribution in [3.05, 3.63) is 23.8 Å². The van der Waals surface area contributed by atoms with Gasteiger partial charge in [0.1, 0.15) is 19.3 Å². The van der Waals surface area contributed by atoms with E-state index in [1.807, 2.05) is 18.2 Å². The quantitative estimate of drug-likeness (QED) is 0.473. The van der Waals surface area contributed by atoms with E-state index in [2.05, 4.69) is 10.2 Å². The van der Waals surface area contributed by atoms with Crippen molar-refractivity contribution in [2.45, 2.75) is 70.6 Å². The predicted molar refractivity (Wildman–Crippen MR) is 130 cm³/mol. The first-order valence-corrected chi connectivity index (χ1v) is 12.5. The second kappa shape index (κ2) is 13.9. The molecule has 1 amide bonds. The molecule has 8 heteroatoms. The number of aliphatic hydroxyl groups is 1. The van der Waals surface area contributed by atoms with Gasteiger partial charge in [0.25, 0.3) is 0 Å². The molecule has 3 heterocycles. The maximum Gasteiger partial charge on any atom is 0.220 e. The van der Waals surface area contributed by atoms with Crippen molar-refractivity contribution >= 4 is 5.91 Å². The van der Waals surface area contributed by atoms with Crippen LogP contribution in [-0.4, -0.2) is 80.7 Å². The summed E-state index contributed by atoms with van der Waals surface area (Å²) in [5.74, 6) is 1.32. The van der Waals surface area contributed by atoms with Gasteiger partial charge in [-0.1, -0.05) is 13.5 Å². The average molecular weight is 479 g/mol. The van der Waals surface area contributed by atoms with E-state index in [4.69, 9.17) is 18.9 Å². The molecular weight excluding hydrogens is 436 g/mol. The molecule has 8 nitrogen and oxygen atoms in total. The van der Waals surface area contributed by atoms with Crippen molar-refractivity contribution in [1.82, 2.24) is 10.2 Å². The first-order chi connectivity index (χ1) is 16.2. The first kappa shape index (κ1) is 26.7. The predicted octanol–water partition coefficient (Wildman–Crippen LogP) is 3.07. The Balaban J connectivity index is 0.00000324. The highest BCUT2D eigenvalue weighted by Gasteiger charge is 2.27. The zero-order chi connectivity index (χ0) is 22.9. The SMILES string of the molecule is C.O=C(CCCCOC1CCOCC1)N[C@H](CN1CCCC1)[C@H](O)c1ccc2c(c1)OCCO2. The Morgan fingerprint density at radius 3 is 2.59 bits per heavy atom. The lowest BCUT2D eigenvalue weighted by atomic mass is 10.0. The van der Waals surface area contributed by atoms with Crippen LogP contribution in [-0.2, 0) is 14.3 Å². The minimum absolute atomic E-state index is 0. The number of ether oxygens (including phenoxy) is 4. The fourth-order valence-electron chi connectivity index (χ4n) is 4.70. The molecule has 34 heavy (non-hydrogen) atoms. The number of fused-ring (bicyclic) bond motifs is 1. The van der Waals surface area contributed by atoms with E-state index in [0.29, 0.717) is 50.4 Å². The molecule has 3 aliphatic heterocycles. The number of aliphatic hydroxyl groups excluding tert-OH is 1. The number of amides is 1. The highest BCUT2D eigenvalue weighted by Crippen LogP contribution is 2.33. The first-order valence-electron chi connectivity index (χ1n) is 12.5. The molecule has 1 aromatic carbocycles. The van der Waals surface area contributed by atoms with Gasteiger partial charge in [0.15, 0.2) is 11.5 Å². The fourth-order valence-corrected chi connectivity index (χ4v) is 4.70. The monoisotopic (exact) mass is 478 g/mol. The Kier molecular flexibility index (Phi) is 10.9. The smallest absolute Gasteiger partial charge is 0.220 e. The van der Waals surface area contributed by atoms with Gasteiger partial charge < -0.3 is 34.3 Å². The van der Waals surface area contributed by atoms with Crippen LogP contribution in [0.15, 0.2) is 18.2 Å². The van der Waals surface area contributed by atoms with Crippen LogP contribution in [0.4, 0.5) is 0 Å². The number of likely N-dealkylation sites (tertiary alicyclic amines) is 1. The van der Waals surface area contributed by atoms with E-state index in [-0.39, 0.29) is 19.4 Å². The number of nitrogens with zero attached hydrogens (tertiary/aromatic N) is 1. The van der Waals surface area contributed by atoms with Crippen molar-refractivity contribution in [2.24, 2.45) is 0 Å². The Morgan fingerprint density at radius 1 is 1.09 bits per heavy atom. The minimum Gasteiger partial charge on any atom is -0.486 e. The topological polar surface area (TPSA) is 89.5 Å². The summed E-state index contributed by atoms with van der Waals surface area (Å²) in [5, 5.41) is 14.3. The Hall–Kier alpha value is -1.87. The van der Waals surface area contributed by atoms with E-state index >= 15 is 0 Å². The zero-order valence-electron chi connectivity index (χ0n) is 19.5. The highest BCUT2D eigenvalue weighted by atomic mass is 16.6. The van der Waals surface area contributed by atoms with Gasteiger partial charge in [-0.05, 0) is 69.3 Å². The van der Waals surface area contributed by atoms with Crippen molar-refractivity contribution in [1.29, 1.82) is 0 Å². The number of rotatable bonds is 11. The molecule has 0 radical (unpaired) electrons. The Bertz CT molecular complexity index is 749. The molecule has 0 bridgehead atoms. The number of carbonyl (C=O) groups is 1. The van der Waals surface area contributed by atoms with Gasteiger partial charge in [-0.15, -0.1) is 0 Å². The van der Waals surface area contributed by atoms with Crippen molar-refractivity contribution in [2.75, 3.05) is 52.7 Å². The van der Waals surface area contributed by atoms with Crippen LogP contribution in [0.2, 0.25) is 0 Å². The van der Waals surface area contributed by atoms with Crippen molar-refractivity contribution in [3.8, 4) is 11.5 Å². The molecule has 1 aromatic rings. The summed E-state index contributed by atoms with van der Waals surface area (Å²) in [6.45, 7) is 5.90. The summed E-state index contributed by atoms with van der Waals surface area (Å²) in [6, 6.07) is 5.14. The maximum atomic E-state index is 12.7. The third-order valence-corrected chi connectivity index (χ3v) is 6.61. The number of nitrogens with one attached hydrogen (secondary N) is 1. The van der Waals surface area contributed by atoms with Gasteiger partial charge in [0, 0.05) is 32.8 Å². The number of benzene rings is 1. The average Bonchev–Trinajstić information content (AvgIpc) is 3.36. The van der Waals surface area contributed by atoms with E-state index in [0.717, 1.165) is 70.4 Å². The van der Waals surface area contributed by atoms with Gasteiger partial charge in [0.2, 0.25) is 5.91 Å². The summed E-state index contributed by atoms with van der Waals surface area (Å²) < 4.78 is 22.5. The molecule has 2 fully saturated rings. The molecule has 2 saturated heterocycles. The molecular formula is C26H42N2O6. The van der Waals surface area contributed by atoms with Crippen LogP contribution in [0.25, 0.3) is 0 Å². The molecule has 2 N–H and O–H groups in total. The Labute approximate surface area is 203 Å². The standard InChI is InChI=1S/C25H38N2O6.CH4/c28-24(5-1-4-12-31-20-8-13-30-14-9-20)26-21(18-27-10-2-3-11-27)25(29)19-6-7-22-23(17-19)33-16-15-32-22;/h6-7,17,20-21,25,29H,1-5,8-16,18H2,(H,26,28);1H4/t21-,25-;/m1./s1. The summed E-state index contributed by atoms with van der Waals surface area (Å²) in [5.41, 5.74) is 0.730. The highest BCUT2D eigenvalue weighted by molar-refractivity contribution is 5.76. The minimum atomic E-state index is -0.817. The number of unbranched alkanes of at least 4 members (excludes halogenated alkanes) is 1. The largest absolute Gasteiger partial charge is 0.486 e. The summed E-state index contributed by atoms with van der Waals surface area (Å²) >= 11 is 0. The molecule has 0 saturated carbocycles. The van der Waals surface area contributed by atoms with Crippen LogP contribution in [0.5, 0.6) is 11.5 Å². The summed E-state index contributed by atoms with van der Waals surface area (Å²) in [7, 11) is 0. The fraction of sp³-hybridized carbons (Fsp3) is 0.731. The van der Waals surface area contributed by atoms with Crippen LogP contribution in [0, 0.1) is 0 Å². The molecule has 3 aliphatic rings. The molecule has 0 unspecified atom stereocenters. The second-order valence-electron chi connectivity index (χ2n) is 9.17. The van der Waals surface area contributed by atoms with Crippen molar-refractivity contribution < 1.29 is 28.8 Å². The summed E-state index contributed by atoms with van der Waals surface area (Å²) in [4.78, 5) is 15.0. The summed E-state index contributed by atoms with van der Waals surface area (Å²) in [6.07, 6.45) is 5.76. The normalized spacial score (nSPS) is 20.4. The van der Waals surface area contributed by atoms with Gasteiger partial charge >= 0.3 is 0 Å². The van der Waals surface area contributed by atoms with Gasteiger partial charge in [0.05, 0.1) is 12.1 Å². The van der Waals surface area contributed by atoms with E-state index < -0.39 is 6.10 Å². The van der Waals surface area contributed by atoms with Crippen LogP contribution < -0.4 is 14.8 Å². The molecule has 0 aliphatic carbocycles. The third-order valence-electron chi connectivity index (χ3n) is 6.61. The second-order valence-corrected chi connectivity index (χ2v) is 9.17. The maximum absolute atomic E-state index is 12.7. The van der Waals surface area contributed by atoms with Crippen LogP contribution in [0.3, 0.4) is 0 Å². The van der Waals surface area contributed by atoms with Crippen LogP contribution >= 0.6 is 0 Å². The lowest BCUT2D eigenvalue weighted by molar-refractivity contribution is -0.123. The molecule has 4 rings (SSSR count). The van der Waals surface area contributed by atoms with Gasteiger partial charge in [-0.25, -0.2) is 0 Å². The van der Waals surface area contributed by atoms with E-state index in [1.54, 1.807) is 0 Å². The molecule has 0 spiro atoms. The van der Waals surface area contributed by atoms with Gasteiger partial charge in [-0.2, -0.15) is 0 Å². The molecule has 192 valence electrons.